The zero-order valence-electron chi connectivity index (χ0n) is 19.9. The molecule has 0 radical (unpaired) electrons. The molecule has 10 heteroatoms. The average Bonchev–Trinajstić information content (AvgIpc) is 3.26. The minimum Gasteiger partial charge on any atom is -0.444 e. The number of carbonyl (C=O) groups excluding carboxylic acids is 1. The lowest BCUT2D eigenvalue weighted by molar-refractivity contribution is 0.00682. The van der Waals surface area contributed by atoms with Gasteiger partial charge in [-0.15, -0.1) is 0 Å². The third kappa shape index (κ3) is 4.75. The van der Waals surface area contributed by atoms with Gasteiger partial charge in [0.05, 0.1) is 5.52 Å². The average molecular weight is 484 g/mol. The van der Waals surface area contributed by atoms with Gasteiger partial charge < -0.3 is 20.3 Å². The van der Waals surface area contributed by atoms with Crippen LogP contribution in [0.5, 0.6) is 0 Å². The molecule has 3 aromatic rings. The van der Waals surface area contributed by atoms with Crippen molar-refractivity contribution in [1.82, 2.24) is 25.1 Å². The number of nitrogens with one attached hydrogen (secondary N) is 3. The second-order valence-electron chi connectivity index (χ2n) is 10.2. The van der Waals surface area contributed by atoms with Gasteiger partial charge in [0, 0.05) is 40.3 Å². The van der Waals surface area contributed by atoms with Crippen LogP contribution in [0.1, 0.15) is 52.1 Å². The van der Waals surface area contributed by atoms with Crippen molar-refractivity contribution in [2.24, 2.45) is 0 Å². The van der Waals surface area contributed by atoms with Crippen LogP contribution < -0.4 is 10.6 Å². The van der Waals surface area contributed by atoms with Crippen molar-refractivity contribution in [3.05, 3.63) is 35.0 Å². The molecule has 180 valence electrons. The van der Waals surface area contributed by atoms with Gasteiger partial charge in [0.15, 0.2) is 5.82 Å². The Bertz CT molecular complexity index is 1210. The molecule has 2 aliphatic heterocycles. The molecule has 1 amide bonds. The molecule has 1 aromatic carbocycles. The third-order valence-electron chi connectivity index (χ3n) is 6.28. The van der Waals surface area contributed by atoms with Gasteiger partial charge in [-0.2, -0.15) is 10.1 Å². The van der Waals surface area contributed by atoms with Crippen LogP contribution in [0.4, 0.5) is 22.4 Å². The summed E-state index contributed by atoms with van der Waals surface area (Å²) in [6.45, 7) is 7.65. The number of carbonyl (C=O) groups is 1. The molecule has 0 spiro atoms. The fourth-order valence-corrected chi connectivity index (χ4v) is 5.12. The van der Waals surface area contributed by atoms with E-state index in [4.69, 9.17) is 26.3 Å². The number of anilines is 3. The van der Waals surface area contributed by atoms with Gasteiger partial charge in [-0.1, -0.05) is 11.6 Å². The minimum atomic E-state index is -0.498. The molecular weight excluding hydrogens is 454 g/mol. The van der Waals surface area contributed by atoms with E-state index in [1.807, 2.05) is 56.9 Å². The van der Waals surface area contributed by atoms with E-state index in [1.165, 1.54) is 0 Å². The Morgan fingerprint density at radius 3 is 2.56 bits per heavy atom. The van der Waals surface area contributed by atoms with E-state index in [0.717, 1.165) is 42.3 Å². The van der Waals surface area contributed by atoms with E-state index in [1.54, 1.807) is 0 Å². The number of hydrogen-bond acceptors (Lipinski definition) is 7. The van der Waals surface area contributed by atoms with Crippen LogP contribution in [0.2, 0.25) is 5.02 Å². The lowest BCUT2D eigenvalue weighted by Crippen LogP contribution is -2.51. The summed E-state index contributed by atoms with van der Waals surface area (Å²) in [5, 5.41) is 15.5. The normalized spacial score (nSPS) is 22.1. The fraction of sp³-hybridized carbons (Fsp3) is 0.500. The highest BCUT2D eigenvalue weighted by Crippen LogP contribution is 2.38. The molecule has 5 rings (SSSR count). The second-order valence-corrected chi connectivity index (χ2v) is 10.6. The van der Waals surface area contributed by atoms with Gasteiger partial charge in [-0.25, -0.2) is 9.78 Å². The number of ether oxygens (including phenoxy) is 1. The Labute approximate surface area is 203 Å². The standard InChI is InChI=1S/C24H30ClN7O2/c1-13-9-20(31-30-13)28-21-18-8-5-14(25)10-19(18)27-22(29-21)26-15-11-16-6-7-17(12-15)32(16)23(33)34-24(2,3)4/h5,8-10,15-17H,6-7,11-12H2,1-4H3,(H3,26,27,28,29,30,31)/t15-,16-,17+. The van der Waals surface area contributed by atoms with E-state index in [-0.39, 0.29) is 24.2 Å². The molecule has 4 heterocycles. The number of piperidine rings is 1. The Kier molecular flexibility index (Phi) is 5.75. The van der Waals surface area contributed by atoms with E-state index >= 15 is 0 Å². The Morgan fingerprint density at radius 1 is 1.18 bits per heavy atom. The molecule has 3 N–H and O–H groups in total. The number of amides is 1. The molecule has 9 nitrogen and oxygen atoms in total. The second kappa shape index (κ2) is 8.61. The lowest BCUT2D eigenvalue weighted by atomic mass is 9.98. The SMILES string of the molecule is Cc1cc(Nc2nc(N[C@@H]3C[C@H]4CC[C@@H](C3)N4C(=O)OC(C)(C)C)nc3cc(Cl)ccc23)n[nH]1. The van der Waals surface area contributed by atoms with Crippen molar-refractivity contribution in [3.8, 4) is 0 Å². The topological polar surface area (TPSA) is 108 Å². The van der Waals surface area contributed by atoms with E-state index < -0.39 is 5.60 Å². The Morgan fingerprint density at radius 2 is 1.91 bits per heavy atom. The molecule has 2 aliphatic rings. The van der Waals surface area contributed by atoms with E-state index in [9.17, 15) is 4.79 Å². The molecule has 2 saturated heterocycles. The summed E-state index contributed by atoms with van der Waals surface area (Å²) in [7, 11) is 0. The number of aryl methyl sites for hydroxylation is 1. The van der Waals surface area contributed by atoms with Crippen molar-refractivity contribution in [3.63, 3.8) is 0 Å². The predicted octanol–water partition coefficient (Wildman–Crippen LogP) is 5.40. The van der Waals surface area contributed by atoms with Crippen LogP contribution in [-0.2, 0) is 4.74 Å². The highest BCUT2D eigenvalue weighted by Gasteiger charge is 2.45. The maximum Gasteiger partial charge on any atom is 0.410 e. The number of aromatic nitrogens is 4. The molecule has 0 aliphatic carbocycles. The summed E-state index contributed by atoms with van der Waals surface area (Å²) in [4.78, 5) is 24.2. The van der Waals surface area contributed by atoms with Crippen LogP contribution in [-0.4, -0.2) is 54.9 Å². The quantitative estimate of drug-likeness (QED) is 0.455. The Balaban J connectivity index is 1.37. The summed E-state index contributed by atoms with van der Waals surface area (Å²) < 4.78 is 5.66. The highest BCUT2D eigenvalue weighted by molar-refractivity contribution is 6.31. The summed E-state index contributed by atoms with van der Waals surface area (Å²) in [5.41, 5.74) is 1.20. The number of benzene rings is 1. The van der Waals surface area contributed by atoms with Crippen molar-refractivity contribution in [2.45, 2.75) is 77.1 Å². The van der Waals surface area contributed by atoms with Crippen LogP contribution in [0, 0.1) is 6.92 Å². The molecule has 3 atom stereocenters. The van der Waals surface area contributed by atoms with Gasteiger partial charge in [-0.05, 0) is 71.6 Å². The van der Waals surface area contributed by atoms with Gasteiger partial charge in [-0.3, -0.25) is 5.10 Å². The number of halogens is 1. The lowest BCUT2D eigenvalue weighted by Gasteiger charge is -2.39. The maximum absolute atomic E-state index is 12.8. The van der Waals surface area contributed by atoms with E-state index in [2.05, 4.69) is 20.8 Å². The van der Waals surface area contributed by atoms with Crippen LogP contribution in [0.3, 0.4) is 0 Å². The molecule has 2 bridgehead atoms. The number of hydrogen-bond donors (Lipinski definition) is 3. The number of H-pyrrole nitrogens is 1. The van der Waals surface area contributed by atoms with Crippen molar-refractivity contribution in [1.29, 1.82) is 0 Å². The summed E-state index contributed by atoms with van der Waals surface area (Å²) in [6.07, 6.45) is 3.42. The van der Waals surface area contributed by atoms with Crippen LogP contribution in [0.25, 0.3) is 10.9 Å². The molecule has 2 fully saturated rings. The number of nitrogens with zero attached hydrogens (tertiary/aromatic N) is 4. The first kappa shape index (κ1) is 22.7. The highest BCUT2D eigenvalue weighted by atomic mass is 35.5. The fourth-order valence-electron chi connectivity index (χ4n) is 4.96. The number of rotatable bonds is 4. The van der Waals surface area contributed by atoms with Crippen molar-refractivity contribution in [2.75, 3.05) is 10.6 Å². The molecule has 0 unspecified atom stereocenters. The van der Waals surface area contributed by atoms with Crippen molar-refractivity contribution >= 4 is 46.2 Å². The number of aromatic amines is 1. The summed E-state index contributed by atoms with van der Waals surface area (Å²) >= 11 is 6.25. The predicted molar refractivity (Wildman–Crippen MR) is 133 cm³/mol. The molecular formula is C24H30ClN7O2. The first-order chi connectivity index (χ1) is 16.1. The summed E-state index contributed by atoms with van der Waals surface area (Å²) in [5.74, 6) is 1.87. The molecule has 0 saturated carbocycles. The van der Waals surface area contributed by atoms with Crippen molar-refractivity contribution < 1.29 is 9.53 Å². The van der Waals surface area contributed by atoms with Gasteiger partial charge in [0.25, 0.3) is 0 Å². The van der Waals surface area contributed by atoms with Gasteiger partial charge in [0.2, 0.25) is 5.95 Å². The largest absolute Gasteiger partial charge is 0.444 e. The minimum absolute atomic E-state index is 0.158. The van der Waals surface area contributed by atoms with Crippen LogP contribution >= 0.6 is 11.6 Å². The first-order valence-corrected chi connectivity index (χ1v) is 12.1. The van der Waals surface area contributed by atoms with E-state index in [0.29, 0.717) is 22.6 Å². The zero-order chi connectivity index (χ0) is 24.0. The third-order valence-corrected chi connectivity index (χ3v) is 6.52. The first-order valence-electron chi connectivity index (χ1n) is 11.7. The summed E-state index contributed by atoms with van der Waals surface area (Å²) in [6, 6.07) is 7.96. The molecule has 34 heavy (non-hydrogen) atoms. The van der Waals surface area contributed by atoms with Gasteiger partial charge >= 0.3 is 6.09 Å². The zero-order valence-corrected chi connectivity index (χ0v) is 20.6. The molecule has 2 aromatic heterocycles. The van der Waals surface area contributed by atoms with Crippen LogP contribution in [0.15, 0.2) is 24.3 Å². The maximum atomic E-state index is 12.8. The smallest absolute Gasteiger partial charge is 0.410 e. The number of fused-ring (bicyclic) bond motifs is 3. The monoisotopic (exact) mass is 483 g/mol. The Hall–Kier alpha value is -3.07. The van der Waals surface area contributed by atoms with Gasteiger partial charge in [0.1, 0.15) is 11.4 Å².